The van der Waals surface area contributed by atoms with E-state index in [0.29, 0.717) is 30.5 Å². The van der Waals surface area contributed by atoms with Gasteiger partial charge in [0.25, 0.3) is 5.91 Å². The number of nitrogens with one attached hydrogen (secondary N) is 1. The Morgan fingerprint density at radius 2 is 2.00 bits per heavy atom. The third kappa shape index (κ3) is 4.72. The fraction of sp³-hybridized carbons (Fsp3) is 0.368. The number of ether oxygens (including phenoxy) is 2. The van der Waals surface area contributed by atoms with Crippen LogP contribution < -0.4 is 10.1 Å². The van der Waals surface area contributed by atoms with Gasteiger partial charge in [0.05, 0.1) is 31.9 Å². The zero-order chi connectivity index (χ0) is 18.4. The Bertz CT molecular complexity index is 716. The molecule has 2 heterocycles. The molecule has 1 saturated heterocycles. The van der Waals surface area contributed by atoms with Crippen molar-refractivity contribution in [3.05, 3.63) is 58.9 Å². The fourth-order valence-electron chi connectivity index (χ4n) is 2.97. The van der Waals surface area contributed by atoms with Gasteiger partial charge in [0.15, 0.2) is 0 Å². The van der Waals surface area contributed by atoms with Crippen LogP contribution in [0.25, 0.3) is 0 Å². The number of aromatic nitrogens is 1. The number of hydrogen-bond donors (Lipinski definition) is 1. The minimum absolute atomic E-state index is 0.0639. The quantitative estimate of drug-likeness (QED) is 0.786. The topological polar surface area (TPSA) is 63.7 Å². The van der Waals surface area contributed by atoms with Gasteiger partial charge in [-0.05, 0) is 29.8 Å². The molecule has 1 aromatic heterocycles. The number of rotatable bonds is 6. The Hall–Kier alpha value is -2.15. The van der Waals surface area contributed by atoms with Crippen LogP contribution in [-0.2, 0) is 4.74 Å². The Morgan fingerprint density at radius 3 is 2.62 bits per heavy atom. The molecule has 1 fully saturated rings. The number of pyridine rings is 1. The molecule has 1 amide bonds. The summed E-state index contributed by atoms with van der Waals surface area (Å²) in [7, 11) is 1.65. The molecule has 1 N–H and O–H groups in total. The lowest BCUT2D eigenvalue weighted by atomic mass is 10.0. The van der Waals surface area contributed by atoms with Crippen LogP contribution in [0.15, 0.2) is 42.6 Å². The predicted molar refractivity (Wildman–Crippen MR) is 99.7 cm³/mol. The monoisotopic (exact) mass is 375 g/mol. The first kappa shape index (κ1) is 18.6. The molecule has 0 saturated carbocycles. The molecule has 3 rings (SSSR count). The minimum Gasteiger partial charge on any atom is -0.497 e. The summed E-state index contributed by atoms with van der Waals surface area (Å²) in [6.45, 7) is 3.54. The van der Waals surface area contributed by atoms with Gasteiger partial charge in [0.1, 0.15) is 10.9 Å². The summed E-state index contributed by atoms with van der Waals surface area (Å²) in [6, 6.07) is 11.3. The Morgan fingerprint density at radius 1 is 1.27 bits per heavy atom. The van der Waals surface area contributed by atoms with Crippen molar-refractivity contribution in [3.8, 4) is 5.75 Å². The number of benzene rings is 1. The van der Waals surface area contributed by atoms with E-state index in [9.17, 15) is 4.79 Å². The van der Waals surface area contributed by atoms with Gasteiger partial charge in [0, 0.05) is 25.8 Å². The van der Waals surface area contributed by atoms with Gasteiger partial charge < -0.3 is 14.8 Å². The van der Waals surface area contributed by atoms with Crippen molar-refractivity contribution < 1.29 is 14.3 Å². The molecular weight excluding hydrogens is 354 g/mol. The number of halogens is 1. The highest BCUT2D eigenvalue weighted by Gasteiger charge is 2.23. The molecule has 0 spiro atoms. The smallest absolute Gasteiger partial charge is 0.252 e. The molecular formula is C19H22ClN3O3. The van der Waals surface area contributed by atoms with Gasteiger partial charge in [-0.25, -0.2) is 4.98 Å². The molecule has 7 heteroatoms. The molecule has 1 unspecified atom stereocenters. The second kappa shape index (κ2) is 8.98. The molecule has 0 radical (unpaired) electrons. The van der Waals surface area contributed by atoms with Crippen LogP contribution in [0.2, 0.25) is 5.15 Å². The van der Waals surface area contributed by atoms with Crippen molar-refractivity contribution in [1.82, 2.24) is 15.2 Å². The van der Waals surface area contributed by atoms with Crippen LogP contribution in [0.5, 0.6) is 5.75 Å². The molecule has 1 aliphatic heterocycles. The van der Waals surface area contributed by atoms with E-state index in [1.165, 1.54) is 6.20 Å². The van der Waals surface area contributed by atoms with Crippen molar-refractivity contribution in [1.29, 1.82) is 0 Å². The highest BCUT2D eigenvalue weighted by Crippen LogP contribution is 2.23. The molecule has 2 aromatic rings. The minimum atomic E-state index is -0.166. The molecule has 1 aromatic carbocycles. The first-order valence-corrected chi connectivity index (χ1v) is 8.90. The molecule has 6 nitrogen and oxygen atoms in total. The van der Waals surface area contributed by atoms with Crippen LogP contribution in [0, 0.1) is 0 Å². The van der Waals surface area contributed by atoms with E-state index in [1.54, 1.807) is 19.2 Å². The first-order valence-electron chi connectivity index (χ1n) is 8.53. The number of methoxy groups -OCH3 is 1. The molecule has 1 aliphatic rings. The van der Waals surface area contributed by atoms with Gasteiger partial charge in [-0.3, -0.25) is 9.69 Å². The molecule has 138 valence electrons. The Labute approximate surface area is 158 Å². The maximum atomic E-state index is 12.4. The van der Waals surface area contributed by atoms with E-state index in [-0.39, 0.29) is 11.9 Å². The summed E-state index contributed by atoms with van der Waals surface area (Å²) in [5.41, 5.74) is 1.62. The van der Waals surface area contributed by atoms with E-state index >= 15 is 0 Å². The summed E-state index contributed by atoms with van der Waals surface area (Å²) in [5, 5.41) is 3.37. The molecule has 26 heavy (non-hydrogen) atoms. The van der Waals surface area contributed by atoms with Gasteiger partial charge in [-0.15, -0.1) is 0 Å². The molecule has 1 atom stereocenters. The van der Waals surface area contributed by atoms with E-state index in [4.69, 9.17) is 21.1 Å². The van der Waals surface area contributed by atoms with Crippen LogP contribution in [-0.4, -0.2) is 55.7 Å². The van der Waals surface area contributed by atoms with E-state index in [1.807, 2.05) is 24.3 Å². The van der Waals surface area contributed by atoms with E-state index < -0.39 is 0 Å². The highest BCUT2D eigenvalue weighted by atomic mass is 35.5. The maximum absolute atomic E-state index is 12.4. The van der Waals surface area contributed by atoms with E-state index in [2.05, 4.69) is 15.2 Å². The number of carbonyl (C=O) groups excluding carboxylic acids is 1. The van der Waals surface area contributed by atoms with Crippen molar-refractivity contribution in [2.45, 2.75) is 6.04 Å². The van der Waals surface area contributed by atoms with Crippen molar-refractivity contribution in [2.24, 2.45) is 0 Å². The molecule has 0 bridgehead atoms. The maximum Gasteiger partial charge on any atom is 0.252 e. The predicted octanol–water partition coefficient (Wildman–Crippen LogP) is 2.55. The SMILES string of the molecule is COc1ccc(C(CNC(=O)c2ccc(Cl)nc2)N2CCOCC2)cc1. The van der Waals surface area contributed by atoms with Gasteiger partial charge in [0.2, 0.25) is 0 Å². The lowest BCUT2D eigenvalue weighted by Gasteiger charge is -2.35. The number of amides is 1. The van der Waals surface area contributed by atoms with Gasteiger partial charge in [-0.1, -0.05) is 23.7 Å². The van der Waals surface area contributed by atoms with Crippen LogP contribution in [0.3, 0.4) is 0 Å². The Balaban J connectivity index is 1.72. The van der Waals surface area contributed by atoms with Crippen LogP contribution in [0.4, 0.5) is 0 Å². The summed E-state index contributed by atoms with van der Waals surface area (Å²) in [5.74, 6) is 0.645. The fourth-order valence-corrected chi connectivity index (χ4v) is 3.09. The zero-order valence-corrected chi connectivity index (χ0v) is 15.4. The summed E-state index contributed by atoms with van der Waals surface area (Å²) in [6.07, 6.45) is 1.48. The summed E-state index contributed by atoms with van der Waals surface area (Å²) >= 11 is 5.78. The number of nitrogens with zero attached hydrogens (tertiary/aromatic N) is 2. The summed E-state index contributed by atoms with van der Waals surface area (Å²) < 4.78 is 10.7. The number of morpholine rings is 1. The second-order valence-corrected chi connectivity index (χ2v) is 6.40. The third-order valence-electron chi connectivity index (χ3n) is 4.43. The lowest BCUT2D eigenvalue weighted by Crippen LogP contribution is -2.43. The average molecular weight is 376 g/mol. The zero-order valence-electron chi connectivity index (χ0n) is 14.7. The number of carbonyl (C=O) groups is 1. The second-order valence-electron chi connectivity index (χ2n) is 6.02. The third-order valence-corrected chi connectivity index (χ3v) is 4.66. The Kier molecular flexibility index (Phi) is 6.44. The first-order chi connectivity index (χ1) is 12.7. The van der Waals surface area contributed by atoms with Crippen molar-refractivity contribution in [3.63, 3.8) is 0 Å². The van der Waals surface area contributed by atoms with Gasteiger partial charge in [-0.2, -0.15) is 0 Å². The molecule has 0 aliphatic carbocycles. The standard InChI is InChI=1S/C19H22ClN3O3/c1-25-16-5-2-14(3-6-16)17(23-8-10-26-11-9-23)13-22-19(24)15-4-7-18(20)21-12-15/h2-7,12,17H,8-11,13H2,1H3,(H,22,24). The summed E-state index contributed by atoms with van der Waals surface area (Å²) in [4.78, 5) is 18.7. The van der Waals surface area contributed by atoms with Crippen LogP contribution in [0.1, 0.15) is 22.0 Å². The number of hydrogen-bond acceptors (Lipinski definition) is 5. The average Bonchev–Trinajstić information content (AvgIpc) is 2.70. The van der Waals surface area contributed by atoms with Gasteiger partial charge >= 0.3 is 0 Å². The van der Waals surface area contributed by atoms with E-state index in [0.717, 1.165) is 24.4 Å². The normalized spacial score (nSPS) is 16.1. The lowest BCUT2D eigenvalue weighted by molar-refractivity contribution is 0.0162. The van der Waals surface area contributed by atoms with Crippen molar-refractivity contribution in [2.75, 3.05) is 40.0 Å². The highest BCUT2D eigenvalue weighted by molar-refractivity contribution is 6.29. The van der Waals surface area contributed by atoms with Crippen LogP contribution >= 0.6 is 11.6 Å². The van der Waals surface area contributed by atoms with Crippen molar-refractivity contribution >= 4 is 17.5 Å². The largest absolute Gasteiger partial charge is 0.497 e.